The minimum atomic E-state index is -0.245. The molecule has 0 saturated carbocycles. The lowest BCUT2D eigenvalue weighted by molar-refractivity contribution is 0.627. The van der Waals surface area contributed by atoms with Gasteiger partial charge in [0, 0.05) is 17.0 Å². The first-order valence-corrected chi connectivity index (χ1v) is 6.30. The standard InChI is InChI=1S/C15H18FN3/c1-8(2)15-18-13(10(4)14(17)19-15)12-6-5-11(16)7-9(12)3/h5-8H,1-4H3,(H2,17,18,19). The smallest absolute Gasteiger partial charge is 0.133 e. The summed E-state index contributed by atoms with van der Waals surface area (Å²) in [5.41, 5.74) is 9.31. The summed E-state index contributed by atoms with van der Waals surface area (Å²) in [5, 5.41) is 0. The molecule has 0 radical (unpaired) electrons. The van der Waals surface area contributed by atoms with Gasteiger partial charge in [-0.15, -0.1) is 0 Å². The lowest BCUT2D eigenvalue weighted by Gasteiger charge is -2.13. The second-order valence-corrected chi connectivity index (χ2v) is 5.05. The van der Waals surface area contributed by atoms with Crippen molar-refractivity contribution in [3.8, 4) is 11.3 Å². The molecule has 0 saturated heterocycles. The first kappa shape index (κ1) is 13.5. The molecule has 0 unspecified atom stereocenters. The van der Waals surface area contributed by atoms with E-state index in [0.29, 0.717) is 11.6 Å². The number of halogens is 1. The molecular weight excluding hydrogens is 241 g/mol. The van der Waals surface area contributed by atoms with Crippen LogP contribution in [0.3, 0.4) is 0 Å². The highest BCUT2D eigenvalue weighted by Crippen LogP contribution is 2.29. The zero-order valence-corrected chi connectivity index (χ0v) is 11.7. The van der Waals surface area contributed by atoms with Crippen molar-refractivity contribution < 1.29 is 4.39 Å². The van der Waals surface area contributed by atoms with E-state index in [1.165, 1.54) is 12.1 Å². The van der Waals surface area contributed by atoms with E-state index in [1.54, 1.807) is 6.07 Å². The van der Waals surface area contributed by atoms with E-state index in [9.17, 15) is 4.39 Å². The monoisotopic (exact) mass is 259 g/mol. The molecule has 0 aliphatic heterocycles. The van der Waals surface area contributed by atoms with Gasteiger partial charge >= 0.3 is 0 Å². The molecular formula is C15H18FN3. The molecule has 0 bridgehead atoms. The van der Waals surface area contributed by atoms with Crippen LogP contribution >= 0.6 is 0 Å². The Morgan fingerprint density at radius 1 is 1.16 bits per heavy atom. The highest BCUT2D eigenvalue weighted by atomic mass is 19.1. The Kier molecular flexibility index (Phi) is 3.51. The van der Waals surface area contributed by atoms with Crippen LogP contribution in [0.25, 0.3) is 11.3 Å². The molecule has 0 atom stereocenters. The summed E-state index contributed by atoms with van der Waals surface area (Å²) in [7, 11) is 0. The molecule has 0 amide bonds. The number of anilines is 1. The number of hydrogen-bond acceptors (Lipinski definition) is 3. The Bertz CT molecular complexity index is 621. The van der Waals surface area contributed by atoms with Crippen molar-refractivity contribution >= 4 is 5.82 Å². The summed E-state index contributed by atoms with van der Waals surface area (Å²) >= 11 is 0. The molecule has 1 heterocycles. The summed E-state index contributed by atoms with van der Waals surface area (Å²) in [6.45, 7) is 7.79. The number of aryl methyl sites for hydroxylation is 1. The fourth-order valence-corrected chi connectivity index (χ4v) is 1.97. The van der Waals surface area contributed by atoms with Gasteiger partial charge in [0.1, 0.15) is 17.5 Å². The van der Waals surface area contributed by atoms with E-state index >= 15 is 0 Å². The summed E-state index contributed by atoms with van der Waals surface area (Å²) in [6, 6.07) is 4.68. The Hall–Kier alpha value is -1.97. The van der Waals surface area contributed by atoms with Gasteiger partial charge in [-0.3, -0.25) is 0 Å². The third-order valence-corrected chi connectivity index (χ3v) is 3.16. The lowest BCUT2D eigenvalue weighted by atomic mass is 10.0. The van der Waals surface area contributed by atoms with Crippen molar-refractivity contribution in [2.45, 2.75) is 33.6 Å². The molecule has 2 N–H and O–H groups in total. The van der Waals surface area contributed by atoms with Crippen molar-refractivity contribution in [3.05, 3.63) is 41.0 Å². The average molecular weight is 259 g/mol. The molecule has 0 aliphatic rings. The summed E-state index contributed by atoms with van der Waals surface area (Å²) in [5.74, 6) is 1.15. The van der Waals surface area contributed by atoms with Gasteiger partial charge in [-0.05, 0) is 37.6 Å². The Labute approximate surface area is 112 Å². The predicted molar refractivity (Wildman–Crippen MR) is 75.4 cm³/mol. The van der Waals surface area contributed by atoms with Gasteiger partial charge in [-0.2, -0.15) is 0 Å². The van der Waals surface area contributed by atoms with Crippen LogP contribution in [0, 0.1) is 19.7 Å². The van der Waals surface area contributed by atoms with Gasteiger partial charge in [0.05, 0.1) is 5.69 Å². The molecule has 3 nitrogen and oxygen atoms in total. The van der Waals surface area contributed by atoms with Crippen LogP contribution in [0.2, 0.25) is 0 Å². The van der Waals surface area contributed by atoms with Crippen LogP contribution in [0.4, 0.5) is 10.2 Å². The highest BCUT2D eigenvalue weighted by Gasteiger charge is 2.14. The molecule has 100 valence electrons. The SMILES string of the molecule is Cc1cc(F)ccc1-c1nc(C(C)C)nc(N)c1C. The summed E-state index contributed by atoms with van der Waals surface area (Å²) < 4.78 is 13.2. The number of aromatic nitrogens is 2. The topological polar surface area (TPSA) is 51.8 Å². The predicted octanol–water partition coefficient (Wildman–Crippen LogP) is 3.61. The van der Waals surface area contributed by atoms with Crippen LogP contribution in [-0.4, -0.2) is 9.97 Å². The number of nitrogen functional groups attached to an aromatic ring is 1. The average Bonchev–Trinajstić information content (AvgIpc) is 2.33. The van der Waals surface area contributed by atoms with Gasteiger partial charge in [0.2, 0.25) is 0 Å². The summed E-state index contributed by atoms with van der Waals surface area (Å²) in [6.07, 6.45) is 0. The maximum atomic E-state index is 13.2. The third kappa shape index (κ3) is 2.57. The van der Waals surface area contributed by atoms with E-state index in [1.807, 2.05) is 27.7 Å². The van der Waals surface area contributed by atoms with Gasteiger partial charge in [0.15, 0.2) is 0 Å². The van der Waals surface area contributed by atoms with Crippen molar-refractivity contribution in [2.24, 2.45) is 0 Å². The largest absolute Gasteiger partial charge is 0.383 e. The van der Waals surface area contributed by atoms with Crippen molar-refractivity contribution in [1.82, 2.24) is 9.97 Å². The summed E-state index contributed by atoms with van der Waals surface area (Å²) in [4.78, 5) is 8.88. The van der Waals surface area contributed by atoms with Crippen molar-refractivity contribution in [1.29, 1.82) is 0 Å². The maximum Gasteiger partial charge on any atom is 0.133 e. The fourth-order valence-electron chi connectivity index (χ4n) is 1.97. The van der Waals surface area contributed by atoms with E-state index in [2.05, 4.69) is 9.97 Å². The molecule has 19 heavy (non-hydrogen) atoms. The minimum absolute atomic E-state index is 0.197. The number of hydrogen-bond donors (Lipinski definition) is 1. The number of nitrogens with two attached hydrogens (primary N) is 1. The first-order chi connectivity index (χ1) is 8.90. The highest BCUT2D eigenvalue weighted by molar-refractivity contribution is 5.70. The zero-order chi connectivity index (χ0) is 14.2. The number of benzene rings is 1. The van der Waals surface area contributed by atoms with Crippen LogP contribution in [-0.2, 0) is 0 Å². The Balaban J connectivity index is 2.67. The number of nitrogens with zero attached hydrogens (tertiary/aromatic N) is 2. The molecule has 4 heteroatoms. The fraction of sp³-hybridized carbons (Fsp3) is 0.333. The molecule has 0 spiro atoms. The molecule has 0 fully saturated rings. The van der Waals surface area contributed by atoms with E-state index in [0.717, 1.165) is 22.4 Å². The van der Waals surface area contributed by atoms with Crippen LogP contribution < -0.4 is 5.73 Å². The Morgan fingerprint density at radius 3 is 2.42 bits per heavy atom. The Morgan fingerprint density at radius 2 is 1.84 bits per heavy atom. The van der Waals surface area contributed by atoms with Gasteiger partial charge in [0.25, 0.3) is 0 Å². The quantitative estimate of drug-likeness (QED) is 0.896. The van der Waals surface area contributed by atoms with E-state index < -0.39 is 0 Å². The van der Waals surface area contributed by atoms with E-state index in [-0.39, 0.29) is 11.7 Å². The maximum absolute atomic E-state index is 13.2. The van der Waals surface area contributed by atoms with Gasteiger partial charge in [-0.25, -0.2) is 14.4 Å². The van der Waals surface area contributed by atoms with Crippen LogP contribution in [0.15, 0.2) is 18.2 Å². The molecule has 0 aliphatic carbocycles. The number of rotatable bonds is 2. The third-order valence-electron chi connectivity index (χ3n) is 3.16. The van der Waals surface area contributed by atoms with Gasteiger partial charge < -0.3 is 5.73 Å². The molecule has 2 rings (SSSR count). The van der Waals surface area contributed by atoms with Crippen molar-refractivity contribution in [3.63, 3.8) is 0 Å². The van der Waals surface area contributed by atoms with Crippen LogP contribution in [0.1, 0.15) is 36.7 Å². The normalized spacial score (nSPS) is 11.1. The van der Waals surface area contributed by atoms with Crippen LogP contribution in [0.5, 0.6) is 0 Å². The van der Waals surface area contributed by atoms with Gasteiger partial charge in [-0.1, -0.05) is 13.8 Å². The van der Waals surface area contributed by atoms with E-state index in [4.69, 9.17) is 5.73 Å². The molecule has 1 aromatic carbocycles. The zero-order valence-electron chi connectivity index (χ0n) is 11.7. The first-order valence-electron chi connectivity index (χ1n) is 6.30. The lowest BCUT2D eigenvalue weighted by Crippen LogP contribution is -2.06. The second-order valence-electron chi connectivity index (χ2n) is 5.05. The second kappa shape index (κ2) is 4.96. The van der Waals surface area contributed by atoms with Crippen molar-refractivity contribution in [2.75, 3.05) is 5.73 Å². The molecule has 2 aromatic rings. The minimum Gasteiger partial charge on any atom is -0.383 e. The molecule has 1 aromatic heterocycles.